The number of rotatable bonds is 10. The molecule has 0 heterocycles. The Bertz CT molecular complexity index is 396. The maximum absolute atomic E-state index is 10.4. The molecule has 0 saturated carbocycles. The van der Waals surface area contributed by atoms with E-state index in [0.717, 1.165) is 5.30 Å². The molecule has 0 bridgehead atoms. The van der Waals surface area contributed by atoms with Gasteiger partial charge in [0, 0.05) is 0 Å². The summed E-state index contributed by atoms with van der Waals surface area (Å²) in [6, 6.07) is 5.54. The Morgan fingerprint density at radius 2 is 1.29 bits per heavy atom. The molecule has 1 aromatic rings. The lowest BCUT2D eigenvalue weighted by atomic mass is 10.3. The predicted octanol–water partition coefficient (Wildman–Crippen LogP) is 5.14. The molecule has 120 valence electrons. The first-order valence-electron chi connectivity index (χ1n) is 8.48. The fourth-order valence-corrected chi connectivity index (χ4v) is 8.11. The van der Waals surface area contributed by atoms with E-state index in [1.807, 2.05) is 6.07 Å². The van der Waals surface area contributed by atoms with Gasteiger partial charge in [0.25, 0.3) is 0 Å². The van der Waals surface area contributed by atoms with Crippen molar-refractivity contribution in [1.29, 1.82) is 0 Å². The standard InChI is InChI=1S/C18H31O2P/c1-4-7-13-21(14-8-5-2,15-9-6-3)17-12-10-11-16(19)18(17)20/h10-12H,4-9,13-15H2,1-3H3,(H-,19,20)/p+1. The second-order valence-corrected chi connectivity index (χ2v) is 10.1. The normalized spacial score (nSPS) is 11.8. The summed E-state index contributed by atoms with van der Waals surface area (Å²) in [6.07, 6.45) is 10.9. The van der Waals surface area contributed by atoms with Gasteiger partial charge in [0.1, 0.15) is 5.30 Å². The summed E-state index contributed by atoms with van der Waals surface area (Å²) in [6.45, 7) is 6.70. The van der Waals surface area contributed by atoms with Gasteiger partial charge in [-0.05, 0) is 31.4 Å². The number of hydrogen-bond acceptors (Lipinski definition) is 2. The van der Waals surface area contributed by atoms with E-state index in [4.69, 9.17) is 0 Å². The van der Waals surface area contributed by atoms with Crippen LogP contribution in [0.3, 0.4) is 0 Å². The Balaban J connectivity index is 3.19. The fourth-order valence-electron chi connectivity index (χ4n) is 2.98. The van der Waals surface area contributed by atoms with Crippen LogP contribution in [0, 0.1) is 0 Å². The van der Waals surface area contributed by atoms with Crippen LogP contribution in [0.4, 0.5) is 0 Å². The molecule has 0 fully saturated rings. The Hall–Kier alpha value is -0.750. The lowest BCUT2D eigenvalue weighted by Gasteiger charge is -2.28. The van der Waals surface area contributed by atoms with Gasteiger partial charge in [-0.25, -0.2) is 0 Å². The van der Waals surface area contributed by atoms with E-state index >= 15 is 0 Å². The first-order valence-corrected chi connectivity index (χ1v) is 10.8. The molecule has 3 heteroatoms. The van der Waals surface area contributed by atoms with Crippen molar-refractivity contribution in [1.82, 2.24) is 0 Å². The lowest BCUT2D eigenvalue weighted by Crippen LogP contribution is -2.21. The Morgan fingerprint density at radius 3 is 1.71 bits per heavy atom. The summed E-state index contributed by atoms with van der Waals surface area (Å²) in [5.74, 6) is 0.190. The molecule has 0 radical (unpaired) electrons. The van der Waals surface area contributed by atoms with E-state index in [1.165, 1.54) is 57.0 Å². The van der Waals surface area contributed by atoms with Crippen LogP contribution < -0.4 is 5.30 Å². The molecular formula is C18H32O2P+. The topological polar surface area (TPSA) is 40.5 Å². The van der Waals surface area contributed by atoms with E-state index < -0.39 is 7.26 Å². The van der Waals surface area contributed by atoms with E-state index in [9.17, 15) is 10.2 Å². The van der Waals surface area contributed by atoms with Crippen LogP contribution in [-0.2, 0) is 0 Å². The average Bonchev–Trinajstić information content (AvgIpc) is 2.50. The molecular weight excluding hydrogens is 279 g/mol. The Labute approximate surface area is 130 Å². The zero-order chi connectivity index (χ0) is 15.7. The summed E-state index contributed by atoms with van der Waals surface area (Å²) in [5.41, 5.74) is 0. The highest BCUT2D eigenvalue weighted by atomic mass is 31.2. The molecule has 2 N–H and O–H groups in total. The highest BCUT2D eigenvalue weighted by Gasteiger charge is 2.41. The third-order valence-corrected chi connectivity index (χ3v) is 9.22. The van der Waals surface area contributed by atoms with Crippen molar-refractivity contribution in [2.75, 3.05) is 18.5 Å². The number of para-hydroxylation sites is 1. The number of phenols is 2. The van der Waals surface area contributed by atoms with E-state index in [0.29, 0.717) is 0 Å². The van der Waals surface area contributed by atoms with Crippen molar-refractivity contribution in [2.45, 2.75) is 59.3 Å². The minimum absolute atomic E-state index is 0.0429. The van der Waals surface area contributed by atoms with Gasteiger partial charge in [-0.2, -0.15) is 0 Å². The highest BCUT2D eigenvalue weighted by Crippen LogP contribution is 2.61. The van der Waals surface area contributed by atoms with E-state index in [1.54, 1.807) is 6.07 Å². The van der Waals surface area contributed by atoms with E-state index in [-0.39, 0.29) is 11.5 Å². The smallest absolute Gasteiger partial charge is 0.200 e. The summed E-state index contributed by atoms with van der Waals surface area (Å²) < 4.78 is 0. The third-order valence-electron chi connectivity index (χ3n) is 4.32. The van der Waals surface area contributed by atoms with Crippen molar-refractivity contribution in [3.8, 4) is 11.5 Å². The molecule has 0 aliphatic rings. The maximum atomic E-state index is 10.4. The fraction of sp³-hybridized carbons (Fsp3) is 0.667. The molecule has 0 aliphatic carbocycles. The van der Waals surface area contributed by atoms with Crippen molar-refractivity contribution in [3.05, 3.63) is 18.2 Å². The SMILES string of the molecule is CCCC[P+](CCCC)(CCCC)c1cccc(O)c1O. The van der Waals surface area contributed by atoms with Crippen molar-refractivity contribution in [3.63, 3.8) is 0 Å². The third kappa shape index (κ3) is 4.88. The van der Waals surface area contributed by atoms with Crippen LogP contribution in [0.25, 0.3) is 0 Å². The minimum Gasteiger partial charge on any atom is -0.504 e. The number of unbranched alkanes of at least 4 members (excludes halogenated alkanes) is 3. The molecule has 0 aromatic heterocycles. The van der Waals surface area contributed by atoms with Gasteiger partial charge in [0.2, 0.25) is 5.75 Å². The summed E-state index contributed by atoms with van der Waals surface area (Å²) >= 11 is 0. The van der Waals surface area contributed by atoms with Crippen LogP contribution in [-0.4, -0.2) is 28.7 Å². The number of phenolic OH excluding ortho intramolecular Hbond substituents is 2. The number of benzene rings is 1. The van der Waals surface area contributed by atoms with Crippen LogP contribution in [0.2, 0.25) is 0 Å². The van der Waals surface area contributed by atoms with Gasteiger partial charge in [-0.3, -0.25) is 0 Å². The molecule has 0 saturated heterocycles. The molecule has 0 atom stereocenters. The van der Waals surface area contributed by atoms with Gasteiger partial charge in [-0.15, -0.1) is 0 Å². The zero-order valence-electron chi connectivity index (χ0n) is 13.9. The van der Waals surface area contributed by atoms with Crippen molar-refractivity contribution in [2.24, 2.45) is 0 Å². The lowest BCUT2D eigenvalue weighted by molar-refractivity contribution is 0.406. The summed E-state index contributed by atoms with van der Waals surface area (Å²) in [7, 11) is -1.37. The minimum atomic E-state index is -1.37. The van der Waals surface area contributed by atoms with Crippen LogP contribution in [0.15, 0.2) is 18.2 Å². The molecule has 2 nitrogen and oxygen atoms in total. The first kappa shape index (κ1) is 18.3. The molecule has 0 amide bonds. The largest absolute Gasteiger partial charge is 0.504 e. The van der Waals surface area contributed by atoms with Crippen molar-refractivity contribution >= 4 is 12.6 Å². The number of aromatic hydroxyl groups is 2. The molecule has 0 aliphatic heterocycles. The quantitative estimate of drug-likeness (QED) is 0.464. The Kier molecular flexibility index (Phi) is 8.11. The molecule has 1 aromatic carbocycles. The van der Waals surface area contributed by atoms with Gasteiger partial charge in [0.15, 0.2) is 5.75 Å². The van der Waals surface area contributed by atoms with Crippen molar-refractivity contribution < 1.29 is 10.2 Å². The summed E-state index contributed by atoms with van der Waals surface area (Å²) in [4.78, 5) is 0. The zero-order valence-corrected chi connectivity index (χ0v) is 14.8. The van der Waals surface area contributed by atoms with Gasteiger partial charge in [0.05, 0.1) is 25.7 Å². The molecule has 0 spiro atoms. The average molecular weight is 311 g/mol. The number of hydrogen-bond donors (Lipinski definition) is 2. The van der Waals surface area contributed by atoms with Gasteiger partial charge in [-0.1, -0.05) is 46.1 Å². The molecule has 1 rings (SSSR count). The highest BCUT2D eigenvalue weighted by molar-refractivity contribution is 7.83. The molecule has 21 heavy (non-hydrogen) atoms. The maximum Gasteiger partial charge on any atom is 0.200 e. The molecule has 0 unspecified atom stereocenters. The van der Waals surface area contributed by atoms with E-state index in [2.05, 4.69) is 26.8 Å². The second-order valence-electron chi connectivity index (χ2n) is 6.02. The van der Waals surface area contributed by atoms with Crippen LogP contribution in [0.5, 0.6) is 11.5 Å². The van der Waals surface area contributed by atoms with Crippen LogP contribution >= 0.6 is 7.26 Å². The predicted molar refractivity (Wildman–Crippen MR) is 95.7 cm³/mol. The van der Waals surface area contributed by atoms with Crippen LogP contribution in [0.1, 0.15) is 59.3 Å². The monoisotopic (exact) mass is 311 g/mol. The first-order chi connectivity index (χ1) is 10.1. The van der Waals surface area contributed by atoms with Gasteiger partial charge < -0.3 is 10.2 Å². The van der Waals surface area contributed by atoms with Gasteiger partial charge >= 0.3 is 0 Å². The summed E-state index contributed by atoms with van der Waals surface area (Å²) in [5, 5.41) is 21.4. The Morgan fingerprint density at radius 1 is 0.810 bits per heavy atom. The second kappa shape index (κ2) is 9.30.